The summed E-state index contributed by atoms with van der Waals surface area (Å²) in [5.41, 5.74) is 2.04. The van der Waals surface area contributed by atoms with Gasteiger partial charge in [-0.25, -0.2) is 4.21 Å². The number of rotatable bonds is 6. The third kappa shape index (κ3) is 4.41. The Labute approximate surface area is 116 Å². The Morgan fingerprint density at radius 2 is 1.74 bits per heavy atom. The Kier molecular flexibility index (Phi) is 4.98. The highest BCUT2D eigenvalue weighted by atomic mass is 32.2. The van der Waals surface area contributed by atoms with Gasteiger partial charge in [-0.3, -0.25) is 0 Å². The second kappa shape index (κ2) is 6.95. The van der Waals surface area contributed by atoms with Gasteiger partial charge >= 0.3 is 0 Å². The minimum atomic E-state index is -1.07. The lowest BCUT2D eigenvalue weighted by atomic mass is 10.2. The Balaban J connectivity index is 1.83. The van der Waals surface area contributed by atoms with Gasteiger partial charge in [-0.2, -0.15) is 0 Å². The number of aryl methyl sites for hydroxylation is 1. The molecule has 0 radical (unpaired) electrons. The zero-order chi connectivity index (χ0) is 13.5. The summed E-state index contributed by atoms with van der Waals surface area (Å²) in [6.07, 6.45) is 0.802. The highest BCUT2D eigenvalue weighted by Gasteiger charge is 2.01. The number of hydrogen-bond acceptors (Lipinski definition) is 2. The Hall–Kier alpha value is -1.81. The first-order valence-electron chi connectivity index (χ1n) is 6.11. The van der Waals surface area contributed by atoms with E-state index in [1.807, 2.05) is 54.6 Å². The molecule has 0 fully saturated rings. The fourth-order valence-corrected chi connectivity index (χ4v) is 2.62. The smallest absolute Gasteiger partial charge is 0.119 e. The molecule has 0 aliphatic carbocycles. The zero-order valence-corrected chi connectivity index (χ0v) is 11.7. The molecule has 100 valence electrons. The van der Waals surface area contributed by atoms with Crippen molar-refractivity contribution in [2.75, 3.05) is 17.6 Å². The van der Waals surface area contributed by atoms with Crippen molar-refractivity contribution in [3.8, 4) is 5.75 Å². The van der Waals surface area contributed by atoms with Gasteiger partial charge in [-0.1, -0.05) is 30.3 Å². The van der Waals surface area contributed by atoms with E-state index in [2.05, 4.69) is 4.72 Å². The van der Waals surface area contributed by atoms with E-state index >= 15 is 0 Å². The summed E-state index contributed by atoms with van der Waals surface area (Å²) in [6.45, 7) is 0. The summed E-state index contributed by atoms with van der Waals surface area (Å²) in [4.78, 5) is 0. The van der Waals surface area contributed by atoms with Crippen LogP contribution in [0.25, 0.3) is 0 Å². The molecule has 19 heavy (non-hydrogen) atoms. The first-order valence-corrected chi connectivity index (χ1v) is 7.43. The van der Waals surface area contributed by atoms with Crippen LogP contribution in [-0.2, 0) is 17.4 Å². The van der Waals surface area contributed by atoms with Crippen molar-refractivity contribution in [1.82, 2.24) is 0 Å². The Morgan fingerprint density at radius 1 is 1.05 bits per heavy atom. The molecule has 2 aromatic carbocycles. The van der Waals surface area contributed by atoms with Gasteiger partial charge in [0.05, 0.1) is 7.11 Å². The molecular weight excluding hydrogens is 258 g/mol. The first kappa shape index (κ1) is 13.6. The maximum Gasteiger partial charge on any atom is 0.119 e. The molecule has 3 nitrogen and oxygen atoms in total. The molecular formula is C15H17NO2S. The topological polar surface area (TPSA) is 38.3 Å². The normalized spacial score (nSPS) is 11.8. The van der Waals surface area contributed by atoms with Crippen molar-refractivity contribution in [2.24, 2.45) is 0 Å². The molecule has 0 aromatic heterocycles. The van der Waals surface area contributed by atoms with E-state index in [0.29, 0.717) is 5.75 Å². The second-order valence-corrected chi connectivity index (χ2v) is 5.42. The summed E-state index contributed by atoms with van der Waals surface area (Å²) in [6, 6.07) is 17.5. The lowest BCUT2D eigenvalue weighted by Crippen LogP contribution is -2.10. The SMILES string of the molecule is COc1ccc(NS(=O)CCc2ccccc2)cc1. The molecule has 0 saturated carbocycles. The molecule has 1 N–H and O–H groups in total. The molecule has 0 saturated heterocycles. The minimum Gasteiger partial charge on any atom is -0.497 e. The fraction of sp³-hybridized carbons (Fsp3) is 0.200. The van der Waals surface area contributed by atoms with E-state index in [1.54, 1.807) is 7.11 Å². The lowest BCUT2D eigenvalue weighted by Gasteiger charge is -2.07. The summed E-state index contributed by atoms with van der Waals surface area (Å²) < 4.78 is 20.0. The van der Waals surface area contributed by atoms with Crippen LogP contribution in [0.4, 0.5) is 5.69 Å². The molecule has 0 bridgehead atoms. The van der Waals surface area contributed by atoms with Crippen LogP contribution in [0.5, 0.6) is 5.75 Å². The molecule has 0 spiro atoms. The molecule has 1 atom stereocenters. The molecule has 0 aliphatic heterocycles. The van der Waals surface area contributed by atoms with Crippen LogP contribution >= 0.6 is 0 Å². The predicted octanol–water partition coefficient (Wildman–Crippen LogP) is 3.01. The van der Waals surface area contributed by atoms with Crippen molar-refractivity contribution in [3.63, 3.8) is 0 Å². The van der Waals surface area contributed by atoms with E-state index < -0.39 is 11.0 Å². The summed E-state index contributed by atoms with van der Waals surface area (Å²) in [5, 5.41) is 0. The van der Waals surface area contributed by atoms with E-state index in [9.17, 15) is 4.21 Å². The van der Waals surface area contributed by atoms with Gasteiger partial charge in [0.2, 0.25) is 0 Å². The minimum absolute atomic E-state index is 0.593. The van der Waals surface area contributed by atoms with Gasteiger partial charge in [-0.05, 0) is 36.2 Å². The second-order valence-electron chi connectivity index (χ2n) is 4.12. The molecule has 0 aliphatic rings. The van der Waals surface area contributed by atoms with Crippen molar-refractivity contribution < 1.29 is 8.95 Å². The highest BCUT2D eigenvalue weighted by molar-refractivity contribution is 7.86. The summed E-state index contributed by atoms with van der Waals surface area (Å²) in [5.74, 6) is 1.39. The lowest BCUT2D eigenvalue weighted by molar-refractivity contribution is 0.415. The van der Waals surface area contributed by atoms with E-state index in [4.69, 9.17) is 4.74 Å². The van der Waals surface area contributed by atoms with Crippen LogP contribution in [0.3, 0.4) is 0 Å². The molecule has 0 heterocycles. The molecule has 4 heteroatoms. The first-order chi connectivity index (χ1) is 9.28. The van der Waals surface area contributed by atoms with Gasteiger partial charge in [-0.15, -0.1) is 0 Å². The van der Waals surface area contributed by atoms with Crippen molar-refractivity contribution >= 4 is 16.7 Å². The molecule has 0 amide bonds. The number of hydrogen-bond donors (Lipinski definition) is 1. The fourth-order valence-electron chi connectivity index (χ4n) is 1.70. The number of anilines is 1. The van der Waals surface area contributed by atoms with Crippen molar-refractivity contribution in [3.05, 3.63) is 60.2 Å². The summed E-state index contributed by atoms with van der Waals surface area (Å²) in [7, 11) is 0.555. The van der Waals surface area contributed by atoms with Crippen LogP contribution in [0, 0.1) is 0 Å². The molecule has 2 rings (SSSR count). The number of ether oxygens (including phenoxy) is 1. The van der Waals surface area contributed by atoms with Gasteiger partial charge < -0.3 is 9.46 Å². The Bertz CT molecular complexity index is 526. The number of benzene rings is 2. The van der Waals surface area contributed by atoms with Gasteiger partial charge in [0.1, 0.15) is 16.7 Å². The quantitative estimate of drug-likeness (QED) is 0.880. The van der Waals surface area contributed by atoms with Gasteiger partial charge in [0, 0.05) is 11.4 Å². The highest BCUT2D eigenvalue weighted by Crippen LogP contribution is 2.15. The molecule has 2 aromatic rings. The zero-order valence-electron chi connectivity index (χ0n) is 10.8. The predicted molar refractivity (Wildman–Crippen MR) is 79.8 cm³/mol. The monoisotopic (exact) mass is 275 g/mol. The average molecular weight is 275 g/mol. The third-order valence-corrected chi connectivity index (χ3v) is 3.78. The molecule has 1 unspecified atom stereocenters. The van der Waals surface area contributed by atoms with Crippen LogP contribution < -0.4 is 9.46 Å². The maximum absolute atomic E-state index is 11.9. The van der Waals surface area contributed by atoms with Crippen LogP contribution in [0.2, 0.25) is 0 Å². The van der Waals surface area contributed by atoms with Gasteiger partial charge in [0.25, 0.3) is 0 Å². The number of nitrogens with one attached hydrogen (secondary N) is 1. The van der Waals surface area contributed by atoms with E-state index in [1.165, 1.54) is 5.56 Å². The van der Waals surface area contributed by atoms with Crippen LogP contribution in [-0.4, -0.2) is 17.1 Å². The summed E-state index contributed by atoms with van der Waals surface area (Å²) >= 11 is 0. The van der Waals surface area contributed by atoms with Crippen LogP contribution in [0.1, 0.15) is 5.56 Å². The van der Waals surface area contributed by atoms with E-state index in [0.717, 1.165) is 17.9 Å². The van der Waals surface area contributed by atoms with E-state index in [-0.39, 0.29) is 0 Å². The number of methoxy groups -OCH3 is 1. The van der Waals surface area contributed by atoms with Crippen molar-refractivity contribution in [2.45, 2.75) is 6.42 Å². The largest absolute Gasteiger partial charge is 0.497 e. The average Bonchev–Trinajstić information content (AvgIpc) is 2.47. The Morgan fingerprint density at radius 3 is 2.37 bits per heavy atom. The van der Waals surface area contributed by atoms with Gasteiger partial charge in [0.15, 0.2) is 0 Å². The maximum atomic E-state index is 11.9. The van der Waals surface area contributed by atoms with Crippen molar-refractivity contribution in [1.29, 1.82) is 0 Å². The third-order valence-electron chi connectivity index (χ3n) is 2.74. The standard InChI is InChI=1S/C15H17NO2S/c1-18-15-9-7-14(8-10-15)16-19(17)12-11-13-5-3-2-4-6-13/h2-10,16H,11-12H2,1H3. The van der Waals surface area contributed by atoms with Crippen LogP contribution in [0.15, 0.2) is 54.6 Å².